The summed E-state index contributed by atoms with van der Waals surface area (Å²) in [6.07, 6.45) is 0.594. The van der Waals surface area contributed by atoms with E-state index in [-0.39, 0.29) is 11.6 Å². The van der Waals surface area contributed by atoms with Crippen molar-refractivity contribution in [1.82, 2.24) is 9.88 Å². The van der Waals surface area contributed by atoms with Gasteiger partial charge in [0.1, 0.15) is 5.82 Å². The monoisotopic (exact) mass is 303 g/mol. The lowest BCUT2D eigenvalue weighted by atomic mass is 10.0. The number of carbonyl (C=O) groups is 1. The molecule has 0 radical (unpaired) electrons. The van der Waals surface area contributed by atoms with Gasteiger partial charge in [0.15, 0.2) is 0 Å². The van der Waals surface area contributed by atoms with Crippen LogP contribution in [0.2, 0.25) is 5.02 Å². The summed E-state index contributed by atoms with van der Waals surface area (Å²) in [5, 5.41) is 0.999. The molecule has 0 atom stereocenters. The van der Waals surface area contributed by atoms with Crippen molar-refractivity contribution in [2.24, 2.45) is 0 Å². The van der Waals surface area contributed by atoms with E-state index < -0.39 is 5.82 Å². The lowest BCUT2D eigenvalue weighted by molar-refractivity contribution is -0.129. The molecule has 0 aliphatic carbocycles. The molecule has 0 spiro atoms. The van der Waals surface area contributed by atoms with E-state index in [2.05, 4.69) is 9.83 Å². The van der Waals surface area contributed by atoms with Crippen molar-refractivity contribution in [3.63, 3.8) is 0 Å². The van der Waals surface area contributed by atoms with Crippen LogP contribution in [0.5, 0.6) is 0 Å². The quantitative estimate of drug-likeness (QED) is 0.699. The Kier molecular flexibility index (Phi) is 3.26. The summed E-state index contributed by atoms with van der Waals surface area (Å²) in [5.41, 5.74) is 1.94. The highest BCUT2D eigenvalue weighted by atomic mass is 35.5. The summed E-state index contributed by atoms with van der Waals surface area (Å²) in [5.74, 6) is -0.611. The molecule has 1 aliphatic heterocycles. The molecule has 4 nitrogen and oxygen atoms in total. The van der Waals surface area contributed by atoms with Crippen molar-refractivity contribution in [3.05, 3.63) is 45.6 Å². The molecule has 106 valence electrons. The molecule has 21 heavy (non-hydrogen) atoms. The molecule has 0 saturated carbocycles. The third-order valence-electron chi connectivity index (χ3n) is 3.70. The van der Waals surface area contributed by atoms with Crippen molar-refractivity contribution >= 4 is 34.1 Å². The maximum atomic E-state index is 13.7. The standard InChI is InChI=1S/C15H11ClFN3O/c1-8(21)20-4-3-12-10(7-20)15(16)9-5-14(18-2)11(17)6-13(9)19-12/h5-6H,3-4,7H2,1H3. The molecule has 2 heterocycles. The van der Waals surface area contributed by atoms with Crippen LogP contribution in [0.25, 0.3) is 15.7 Å². The number of hydrogen-bond donors (Lipinski definition) is 0. The molecule has 0 N–H and O–H groups in total. The van der Waals surface area contributed by atoms with Gasteiger partial charge in [-0.25, -0.2) is 9.24 Å². The molecule has 1 aromatic heterocycles. The van der Waals surface area contributed by atoms with Gasteiger partial charge in [0.05, 0.1) is 17.1 Å². The molecule has 0 unspecified atom stereocenters. The normalized spacial score (nSPS) is 13.9. The number of benzene rings is 1. The zero-order valence-electron chi connectivity index (χ0n) is 11.3. The van der Waals surface area contributed by atoms with Crippen molar-refractivity contribution in [3.8, 4) is 0 Å². The molecule has 0 bridgehead atoms. The van der Waals surface area contributed by atoms with E-state index in [1.807, 2.05) is 0 Å². The first-order valence-corrected chi connectivity index (χ1v) is 6.82. The smallest absolute Gasteiger partial charge is 0.222 e. The largest absolute Gasteiger partial charge is 0.338 e. The summed E-state index contributed by atoms with van der Waals surface area (Å²) >= 11 is 6.41. The third-order valence-corrected chi connectivity index (χ3v) is 4.14. The van der Waals surface area contributed by atoms with E-state index in [1.54, 1.807) is 4.90 Å². The lowest BCUT2D eigenvalue weighted by Crippen LogP contribution is -2.34. The molecule has 0 fully saturated rings. The zero-order chi connectivity index (χ0) is 15.1. The molecule has 1 amide bonds. The van der Waals surface area contributed by atoms with Crippen LogP contribution in [0.3, 0.4) is 0 Å². The number of hydrogen-bond acceptors (Lipinski definition) is 2. The minimum atomic E-state index is -0.595. The van der Waals surface area contributed by atoms with Crippen LogP contribution in [0.4, 0.5) is 10.1 Å². The Labute approximate surface area is 126 Å². The van der Waals surface area contributed by atoms with Gasteiger partial charge in [-0.1, -0.05) is 11.6 Å². The minimum absolute atomic E-state index is 0.0160. The fourth-order valence-electron chi connectivity index (χ4n) is 2.55. The van der Waals surface area contributed by atoms with Crippen molar-refractivity contribution in [2.45, 2.75) is 19.9 Å². The number of rotatable bonds is 0. The van der Waals surface area contributed by atoms with Crippen LogP contribution in [0, 0.1) is 12.4 Å². The van der Waals surface area contributed by atoms with Crippen LogP contribution < -0.4 is 0 Å². The van der Waals surface area contributed by atoms with Gasteiger partial charge < -0.3 is 4.90 Å². The van der Waals surface area contributed by atoms with Gasteiger partial charge in [-0.2, -0.15) is 0 Å². The summed E-state index contributed by atoms with van der Waals surface area (Å²) in [4.78, 5) is 20.8. The number of carbonyl (C=O) groups excluding carboxylic acids is 1. The number of fused-ring (bicyclic) bond motifs is 2. The maximum absolute atomic E-state index is 13.7. The molecule has 0 saturated heterocycles. The summed E-state index contributed by atoms with van der Waals surface area (Å²) in [7, 11) is 0. The second-order valence-corrected chi connectivity index (χ2v) is 5.35. The SMILES string of the molecule is [C-]#[N+]c1cc2c(Cl)c3c(nc2cc1F)CCN(C(C)=O)C3. The van der Waals surface area contributed by atoms with Gasteiger partial charge in [0.25, 0.3) is 0 Å². The highest BCUT2D eigenvalue weighted by Crippen LogP contribution is 2.35. The van der Waals surface area contributed by atoms with Crippen molar-refractivity contribution < 1.29 is 9.18 Å². The van der Waals surface area contributed by atoms with Crippen molar-refractivity contribution in [1.29, 1.82) is 0 Å². The Balaban J connectivity index is 2.22. The Hall–Kier alpha value is -2.19. The second kappa shape index (κ2) is 4.97. The highest BCUT2D eigenvalue weighted by Gasteiger charge is 2.23. The van der Waals surface area contributed by atoms with Crippen LogP contribution in [-0.2, 0) is 17.8 Å². The Morgan fingerprint density at radius 1 is 1.52 bits per heavy atom. The zero-order valence-corrected chi connectivity index (χ0v) is 12.0. The molecule has 2 aromatic rings. The number of pyridine rings is 1. The van der Waals surface area contributed by atoms with Crippen LogP contribution >= 0.6 is 11.6 Å². The van der Waals surface area contributed by atoms with E-state index >= 15 is 0 Å². The fourth-order valence-corrected chi connectivity index (χ4v) is 2.87. The number of halogens is 2. The molecule has 1 aliphatic rings. The van der Waals surface area contributed by atoms with Crippen LogP contribution in [0.1, 0.15) is 18.2 Å². The maximum Gasteiger partial charge on any atom is 0.222 e. The number of amides is 1. The summed E-state index contributed by atoms with van der Waals surface area (Å²) in [6.45, 7) is 9.47. The summed E-state index contributed by atoms with van der Waals surface area (Å²) < 4.78 is 13.7. The van der Waals surface area contributed by atoms with Gasteiger partial charge in [-0.05, 0) is 12.1 Å². The highest BCUT2D eigenvalue weighted by molar-refractivity contribution is 6.36. The Bertz CT molecular complexity index is 813. The number of aromatic nitrogens is 1. The van der Waals surface area contributed by atoms with Gasteiger partial charge in [-0.15, -0.1) is 0 Å². The van der Waals surface area contributed by atoms with Crippen LogP contribution in [0.15, 0.2) is 12.1 Å². The number of nitrogens with zero attached hydrogens (tertiary/aromatic N) is 3. The minimum Gasteiger partial charge on any atom is -0.338 e. The molecule has 6 heteroatoms. The molecule has 3 rings (SSSR count). The van der Waals surface area contributed by atoms with E-state index in [4.69, 9.17) is 18.2 Å². The first-order chi connectivity index (χ1) is 10.0. The second-order valence-electron chi connectivity index (χ2n) is 4.97. The first-order valence-electron chi connectivity index (χ1n) is 6.44. The Morgan fingerprint density at radius 3 is 2.95 bits per heavy atom. The van der Waals surface area contributed by atoms with E-state index in [9.17, 15) is 9.18 Å². The van der Waals surface area contributed by atoms with Crippen LogP contribution in [-0.4, -0.2) is 22.3 Å². The third kappa shape index (κ3) is 2.22. The molecule has 1 aromatic carbocycles. The molecular weight excluding hydrogens is 293 g/mol. The fraction of sp³-hybridized carbons (Fsp3) is 0.267. The lowest BCUT2D eigenvalue weighted by Gasteiger charge is -2.28. The topological polar surface area (TPSA) is 37.6 Å². The average molecular weight is 304 g/mol. The predicted octanol–water partition coefficient (Wildman–Crippen LogP) is 3.48. The van der Waals surface area contributed by atoms with Gasteiger partial charge in [0.2, 0.25) is 11.6 Å². The van der Waals surface area contributed by atoms with Crippen molar-refractivity contribution in [2.75, 3.05) is 6.54 Å². The summed E-state index contributed by atoms with van der Waals surface area (Å²) in [6, 6.07) is 2.66. The molecular formula is C15H11ClFN3O. The van der Waals surface area contributed by atoms with Gasteiger partial charge in [0, 0.05) is 43.1 Å². The van der Waals surface area contributed by atoms with E-state index in [0.29, 0.717) is 35.4 Å². The predicted molar refractivity (Wildman–Crippen MR) is 77.8 cm³/mol. The first kappa shape index (κ1) is 13.8. The van der Waals surface area contributed by atoms with E-state index in [0.717, 1.165) is 11.3 Å². The van der Waals surface area contributed by atoms with Gasteiger partial charge >= 0.3 is 0 Å². The van der Waals surface area contributed by atoms with E-state index in [1.165, 1.54) is 19.1 Å². The average Bonchev–Trinajstić information content (AvgIpc) is 2.46. The Morgan fingerprint density at radius 2 is 2.29 bits per heavy atom. The van der Waals surface area contributed by atoms with Gasteiger partial charge in [-0.3, -0.25) is 9.78 Å².